The lowest BCUT2D eigenvalue weighted by molar-refractivity contribution is -0.153. The number of para-hydroxylation sites is 1. The van der Waals surface area contributed by atoms with Crippen molar-refractivity contribution in [1.29, 1.82) is 0 Å². The minimum Gasteiger partial charge on any atom is -0.479 e. The maximum Gasteiger partial charge on any atom is 0.418 e. The van der Waals surface area contributed by atoms with Crippen molar-refractivity contribution in [2.75, 3.05) is 11.9 Å². The van der Waals surface area contributed by atoms with Gasteiger partial charge in [-0.25, -0.2) is 9.18 Å². The van der Waals surface area contributed by atoms with Crippen LogP contribution in [-0.4, -0.2) is 24.6 Å². The number of benzene rings is 2. The first kappa shape index (κ1) is 20.2. The standard InChI is InChI=1S/C18H15F4NO4/c1-11(27-13-8-6-12(19)7-9-13)17(25)26-10-16(24)23-15-5-3-2-4-14(15)18(20,21)22/h2-9,11H,10H2,1H3,(H,23,24)/t11-/m0/s1. The number of hydrogen-bond acceptors (Lipinski definition) is 4. The van der Waals surface area contributed by atoms with E-state index in [9.17, 15) is 27.2 Å². The molecule has 1 amide bonds. The van der Waals surface area contributed by atoms with Crippen molar-refractivity contribution in [3.05, 3.63) is 59.9 Å². The summed E-state index contributed by atoms with van der Waals surface area (Å²) < 4.78 is 61.4. The summed E-state index contributed by atoms with van der Waals surface area (Å²) in [7, 11) is 0. The average molecular weight is 385 g/mol. The number of hydrogen-bond donors (Lipinski definition) is 1. The number of halogens is 4. The van der Waals surface area contributed by atoms with Gasteiger partial charge in [-0.2, -0.15) is 13.2 Å². The van der Waals surface area contributed by atoms with E-state index < -0.39 is 47.8 Å². The van der Waals surface area contributed by atoms with E-state index in [0.717, 1.165) is 24.3 Å². The molecule has 0 unspecified atom stereocenters. The molecule has 2 rings (SSSR count). The molecule has 9 heteroatoms. The number of rotatable bonds is 6. The Balaban J connectivity index is 1.88. The second kappa shape index (κ2) is 8.52. The molecule has 0 aromatic heterocycles. The molecule has 0 aliphatic heterocycles. The van der Waals surface area contributed by atoms with Crippen LogP contribution >= 0.6 is 0 Å². The highest BCUT2D eigenvalue weighted by Gasteiger charge is 2.33. The van der Waals surface area contributed by atoms with Gasteiger partial charge in [-0.05, 0) is 43.3 Å². The number of amides is 1. The quantitative estimate of drug-likeness (QED) is 0.607. The van der Waals surface area contributed by atoms with Crippen molar-refractivity contribution >= 4 is 17.6 Å². The molecule has 0 spiro atoms. The fourth-order valence-electron chi connectivity index (χ4n) is 2.05. The maximum absolute atomic E-state index is 12.9. The number of nitrogens with one attached hydrogen (secondary N) is 1. The zero-order valence-corrected chi connectivity index (χ0v) is 14.0. The number of alkyl halides is 3. The summed E-state index contributed by atoms with van der Waals surface area (Å²) in [5.41, 5.74) is -1.46. The van der Waals surface area contributed by atoms with Crippen LogP contribution in [0.4, 0.5) is 23.2 Å². The lowest BCUT2D eigenvalue weighted by Crippen LogP contribution is -2.30. The lowest BCUT2D eigenvalue weighted by Gasteiger charge is -2.15. The summed E-state index contributed by atoms with van der Waals surface area (Å²) in [6.07, 6.45) is -5.75. The van der Waals surface area contributed by atoms with Crippen molar-refractivity contribution in [3.63, 3.8) is 0 Å². The second-order valence-electron chi connectivity index (χ2n) is 5.41. The molecule has 0 heterocycles. The number of carbonyl (C=O) groups excluding carboxylic acids is 2. The normalized spacial score (nSPS) is 12.2. The van der Waals surface area contributed by atoms with Crippen molar-refractivity contribution in [3.8, 4) is 5.75 Å². The first-order chi connectivity index (χ1) is 12.7. The number of anilines is 1. The molecule has 5 nitrogen and oxygen atoms in total. The molecular formula is C18H15F4NO4. The van der Waals surface area contributed by atoms with E-state index in [4.69, 9.17) is 9.47 Å². The Bertz CT molecular complexity index is 806. The SMILES string of the molecule is C[C@H](Oc1ccc(F)cc1)C(=O)OCC(=O)Nc1ccccc1C(F)(F)F. The van der Waals surface area contributed by atoms with Crippen molar-refractivity contribution in [2.24, 2.45) is 0 Å². The zero-order valence-electron chi connectivity index (χ0n) is 14.0. The zero-order chi connectivity index (χ0) is 20.0. The molecule has 0 aliphatic rings. The minimum absolute atomic E-state index is 0.212. The highest BCUT2D eigenvalue weighted by atomic mass is 19.4. The van der Waals surface area contributed by atoms with Crippen LogP contribution in [0.5, 0.6) is 5.75 Å². The fraction of sp³-hybridized carbons (Fsp3) is 0.222. The Morgan fingerprint density at radius 1 is 1.07 bits per heavy atom. The predicted molar refractivity (Wildman–Crippen MR) is 87.5 cm³/mol. The van der Waals surface area contributed by atoms with Crippen LogP contribution < -0.4 is 10.1 Å². The molecule has 2 aromatic rings. The molecule has 0 saturated heterocycles. The molecular weight excluding hydrogens is 370 g/mol. The molecule has 0 bridgehead atoms. The summed E-state index contributed by atoms with van der Waals surface area (Å²) >= 11 is 0. The Morgan fingerprint density at radius 2 is 1.70 bits per heavy atom. The van der Waals surface area contributed by atoms with Gasteiger partial charge in [-0.3, -0.25) is 4.79 Å². The van der Waals surface area contributed by atoms with Crippen LogP contribution in [-0.2, 0) is 20.5 Å². The van der Waals surface area contributed by atoms with Gasteiger partial charge in [-0.1, -0.05) is 12.1 Å². The molecule has 27 heavy (non-hydrogen) atoms. The van der Waals surface area contributed by atoms with Crippen LogP contribution in [0.3, 0.4) is 0 Å². The molecule has 144 valence electrons. The van der Waals surface area contributed by atoms with E-state index in [1.165, 1.54) is 31.2 Å². The highest BCUT2D eigenvalue weighted by Crippen LogP contribution is 2.34. The van der Waals surface area contributed by atoms with E-state index in [2.05, 4.69) is 0 Å². The Labute approximate surface area is 151 Å². The fourth-order valence-corrected chi connectivity index (χ4v) is 2.05. The summed E-state index contributed by atoms with van der Waals surface area (Å²) in [6.45, 7) is 0.560. The molecule has 0 saturated carbocycles. The monoisotopic (exact) mass is 385 g/mol. The highest BCUT2D eigenvalue weighted by molar-refractivity contribution is 5.93. The number of ether oxygens (including phenoxy) is 2. The largest absolute Gasteiger partial charge is 0.479 e. The van der Waals surface area contributed by atoms with Gasteiger partial charge in [0.05, 0.1) is 11.3 Å². The van der Waals surface area contributed by atoms with Gasteiger partial charge in [0.1, 0.15) is 11.6 Å². The molecule has 0 aliphatic carbocycles. The maximum atomic E-state index is 12.9. The summed E-state index contributed by atoms with van der Waals surface area (Å²) in [4.78, 5) is 23.6. The van der Waals surface area contributed by atoms with E-state index in [0.29, 0.717) is 0 Å². The number of esters is 1. The lowest BCUT2D eigenvalue weighted by atomic mass is 10.1. The second-order valence-corrected chi connectivity index (χ2v) is 5.41. The Hall–Kier alpha value is -3.10. The van der Waals surface area contributed by atoms with Gasteiger partial charge in [0, 0.05) is 0 Å². The third-order valence-corrected chi connectivity index (χ3v) is 3.31. The third kappa shape index (κ3) is 5.98. The van der Waals surface area contributed by atoms with Crippen LogP contribution in [0.2, 0.25) is 0 Å². The first-order valence-corrected chi connectivity index (χ1v) is 7.72. The van der Waals surface area contributed by atoms with Gasteiger partial charge in [0.25, 0.3) is 5.91 Å². The van der Waals surface area contributed by atoms with Crippen molar-refractivity contribution in [2.45, 2.75) is 19.2 Å². The van der Waals surface area contributed by atoms with Crippen molar-refractivity contribution in [1.82, 2.24) is 0 Å². The third-order valence-electron chi connectivity index (χ3n) is 3.31. The van der Waals surface area contributed by atoms with Gasteiger partial charge in [0.15, 0.2) is 12.7 Å². The molecule has 1 atom stereocenters. The van der Waals surface area contributed by atoms with E-state index in [1.54, 1.807) is 0 Å². The van der Waals surface area contributed by atoms with Gasteiger partial charge in [0.2, 0.25) is 0 Å². The van der Waals surface area contributed by atoms with Crippen molar-refractivity contribution < 1.29 is 36.6 Å². The minimum atomic E-state index is -4.64. The van der Waals surface area contributed by atoms with E-state index in [1.807, 2.05) is 5.32 Å². The first-order valence-electron chi connectivity index (χ1n) is 7.72. The van der Waals surface area contributed by atoms with E-state index in [-0.39, 0.29) is 5.75 Å². The van der Waals surface area contributed by atoms with Gasteiger partial charge in [-0.15, -0.1) is 0 Å². The number of carbonyl (C=O) groups is 2. The summed E-state index contributed by atoms with van der Waals surface area (Å²) in [6, 6.07) is 9.31. The topological polar surface area (TPSA) is 64.6 Å². The molecule has 1 N–H and O–H groups in total. The van der Waals surface area contributed by atoms with Crippen LogP contribution in [0.25, 0.3) is 0 Å². The average Bonchev–Trinajstić information content (AvgIpc) is 2.61. The molecule has 0 fully saturated rings. The Kier molecular flexibility index (Phi) is 6.38. The van der Waals surface area contributed by atoms with Crippen LogP contribution in [0.1, 0.15) is 12.5 Å². The smallest absolute Gasteiger partial charge is 0.418 e. The van der Waals surface area contributed by atoms with E-state index >= 15 is 0 Å². The van der Waals surface area contributed by atoms with Crippen LogP contribution in [0, 0.1) is 5.82 Å². The Morgan fingerprint density at radius 3 is 2.33 bits per heavy atom. The van der Waals surface area contributed by atoms with Crippen LogP contribution in [0.15, 0.2) is 48.5 Å². The predicted octanol–water partition coefficient (Wildman–Crippen LogP) is 3.79. The van der Waals surface area contributed by atoms with Gasteiger partial charge < -0.3 is 14.8 Å². The summed E-state index contributed by atoms with van der Waals surface area (Å²) in [5.74, 6) is -2.11. The molecule has 2 aromatic carbocycles. The molecule has 0 radical (unpaired) electrons. The summed E-state index contributed by atoms with van der Waals surface area (Å²) in [5, 5.41) is 2.05. The van der Waals surface area contributed by atoms with Gasteiger partial charge >= 0.3 is 12.1 Å².